The molecule has 0 bridgehead atoms. The third-order valence-corrected chi connectivity index (χ3v) is 4.15. The fraction of sp³-hybridized carbons (Fsp3) is 0.190. The van der Waals surface area contributed by atoms with Crippen LogP contribution in [0.1, 0.15) is 17.2 Å². The highest BCUT2D eigenvalue weighted by Crippen LogP contribution is 2.16. The second-order valence-corrected chi connectivity index (χ2v) is 5.88. The number of aliphatic imine (C=N–C) groups is 1. The highest BCUT2D eigenvalue weighted by molar-refractivity contribution is 5.87. The van der Waals surface area contributed by atoms with Crippen LogP contribution in [0.15, 0.2) is 66.3 Å². The summed E-state index contributed by atoms with van der Waals surface area (Å²) in [4.78, 5) is 13.5. The van der Waals surface area contributed by atoms with Crippen LogP contribution >= 0.6 is 0 Å². The summed E-state index contributed by atoms with van der Waals surface area (Å²) >= 11 is 0. The predicted octanol–water partition coefficient (Wildman–Crippen LogP) is 4.02. The Labute approximate surface area is 148 Å². The number of pyridine rings is 1. The summed E-state index contributed by atoms with van der Waals surface area (Å²) < 4.78 is 2.07. The lowest BCUT2D eigenvalue weighted by Crippen LogP contribution is -2.01. The maximum absolute atomic E-state index is 4.75. The van der Waals surface area contributed by atoms with Crippen molar-refractivity contribution >= 4 is 22.7 Å². The first kappa shape index (κ1) is 16.8. The van der Waals surface area contributed by atoms with Gasteiger partial charge < -0.3 is 4.57 Å². The Balaban J connectivity index is 1.77. The van der Waals surface area contributed by atoms with Crippen molar-refractivity contribution in [1.29, 1.82) is 0 Å². The molecule has 3 aromatic rings. The largest absolute Gasteiger partial charge is 0.337 e. The van der Waals surface area contributed by atoms with Crippen molar-refractivity contribution in [3.8, 4) is 0 Å². The monoisotopic (exact) mass is 330 g/mol. The van der Waals surface area contributed by atoms with E-state index in [1.165, 1.54) is 5.39 Å². The van der Waals surface area contributed by atoms with Gasteiger partial charge in [0.2, 0.25) is 0 Å². The Hall–Kier alpha value is -3.01. The molecule has 0 N–H and O–H groups in total. The van der Waals surface area contributed by atoms with E-state index in [9.17, 15) is 0 Å². The average Bonchev–Trinajstić information content (AvgIpc) is 3.01. The maximum atomic E-state index is 4.75. The second kappa shape index (κ2) is 7.71. The third kappa shape index (κ3) is 3.91. The van der Waals surface area contributed by atoms with Crippen LogP contribution in [0.5, 0.6) is 0 Å². The lowest BCUT2D eigenvalue weighted by molar-refractivity contribution is 0.763. The molecule has 0 aliphatic rings. The van der Waals surface area contributed by atoms with Crippen LogP contribution in [0.2, 0.25) is 0 Å². The van der Waals surface area contributed by atoms with Gasteiger partial charge in [-0.1, -0.05) is 36.9 Å². The number of aromatic nitrogens is 3. The van der Waals surface area contributed by atoms with E-state index in [2.05, 4.69) is 34.3 Å². The van der Waals surface area contributed by atoms with Crippen LogP contribution in [0.4, 0.5) is 0 Å². The van der Waals surface area contributed by atoms with Crippen molar-refractivity contribution < 1.29 is 0 Å². The summed E-state index contributed by atoms with van der Waals surface area (Å²) in [6, 6.07) is 12.4. The fourth-order valence-electron chi connectivity index (χ4n) is 2.78. The molecule has 0 amide bonds. The van der Waals surface area contributed by atoms with Crippen LogP contribution in [0.3, 0.4) is 0 Å². The third-order valence-electron chi connectivity index (χ3n) is 4.15. The minimum absolute atomic E-state index is 0.841. The van der Waals surface area contributed by atoms with Crippen molar-refractivity contribution in [1.82, 2.24) is 14.5 Å². The summed E-state index contributed by atoms with van der Waals surface area (Å²) in [5.74, 6) is 1.03. The van der Waals surface area contributed by atoms with Gasteiger partial charge in [-0.3, -0.25) is 9.98 Å². The highest BCUT2D eigenvalue weighted by atomic mass is 15.0. The Morgan fingerprint density at radius 3 is 2.80 bits per heavy atom. The standard InChI is InChI=1S/C21H22N4/c1-4-16(13-14-22-2)20-15-25(3)21(24-20)12-11-18-10-9-17-7-5-6-8-19(17)23-18/h4-10,13-15H,1,11-12H2,2-3H3/b16-13+,22-14?. The topological polar surface area (TPSA) is 43.1 Å². The molecule has 126 valence electrons. The van der Waals surface area contributed by atoms with E-state index in [0.717, 1.165) is 41.1 Å². The zero-order valence-corrected chi connectivity index (χ0v) is 14.7. The molecule has 25 heavy (non-hydrogen) atoms. The summed E-state index contributed by atoms with van der Waals surface area (Å²) in [5, 5.41) is 1.17. The van der Waals surface area contributed by atoms with Gasteiger partial charge in [-0.2, -0.15) is 0 Å². The normalized spacial score (nSPS) is 12.2. The second-order valence-electron chi connectivity index (χ2n) is 5.88. The summed E-state index contributed by atoms with van der Waals surface area (Å²) in [7, 11) is 3.77. The minimum atomic E-state index is 0.841. The zero-order chi connectivity index (χ0) is 17.6. The first-order valence-electron chi connectivity index (χ1n) is 8.33. The van der Waals surface area contributed by atoms with Crippen LogP contribution in [0, 0.1) is 0 Å². The quantitative estimate of drug-likeness (QED) is 0.506. The maximum Gasteiger partial charge on any atom is 0.109 e. The molecule has 0 saturated carbocycles. The van der Waals surface area contributed by atoms with Gasteiger partial charge in [0.25, 0.3) is 0 Å². The van der Waals surface area contributed by atoms with Crippen LogP contribution < -0.4 is 0 Å². The molecular weight excluding hydrogens is 308 g/mol. The van der Waals surface area contributed by atoms with Crippen molar-refractivity contribution in [2.75, 3.05) is 7.05 Å². The number of aryl methyl sites for hydroxylation is 3. The van der Waals surface area contributed by atoms with Gasteiger partial charge in [0.05, 0.1) is 11.2 Å². The molecule has 2 aromatic heterocycles. The van der Waals surface area contributed by atoms with E-state index in [1.54, 1.807) is 19.3 Å². The van der Waals surface area contributed by atoms with Gasteiger partial charge in [0, 0.05) is 49.6 Å². The van der Waals surface area contributed by atoms with Crippen molar-refractivity contribution in [2.45, 2.75) is 12.8 Å². The Bertz CT molecular complexity index is 947. The molecule has 0 spiro atoms. The van der Waals surface area contributed by atoms with Crippen molar-refractivity contribution in [2.24, 2.45) is 12.0 Å². The van der Waals surface area contributed by atoms with Gasteiger partial charge in [-0.05, 0) is 24.6 Å². The summed E-state index contributed by atoms with van der Waals surface area (Å²) in [5.41, 5.74) is 4.01. The fourth-order valence-corrected chi connectivity index (χ4v) is 2.78. The summed E-state index contributed by atoms with van der Waals surface area (Å²) in [6.45, 7) is 3.86. The van der Waals surface area contributed by atoms with Gasteiger partial charge in [0.15, 0.2) is 0 Å². The Morgan fingerprint density at radius 1 is 1.16 bits per heavy atom. The number of nitrogens with zero attached hydrogens (tertiary/aromatic N) is 4. The first-order chi connectivity index (χ1) is 12.2. The molecule has 0 aliphatic heterocycles. The van der Waals surface area contributed by atoms with Crippen molar-refractivity contribution in [3.05, 3.63) is 78.5 Å². The van der Waals surface area contributed by atoms with Crippen LogP contribution in [-0.2, 0) is 19.9 Å². The molecule has 0 atom stereocenters. The molecule has 4 heteroatoms. The van der Waals surface area contributed by atoms with E-state index in [-0.39, 0.29) is 0 Å². The molecule has 0 fully saturated rings. The number of para-hydroxylation sites is 1. The van der Waals surface area contributed by atoms with E-state index in [1.807, 2.05) is 37.5 Å². The molecule has 0 aliphatic carbocycles. The number of benzene rings is 1. The first-order valence-corrected chi connectivity index (χ1v) is 8.33. The molecule has 2 heterocycles. The number of fused-ring (bicyclic) bond motifs is 1. The van der Waals surface area contributed by atoms with Crippen LogP contribution in [0.25, 0.3) is 16.5 Å². The number of rotatable bonds is 6. The zero-order valence-electron chi connectivity index (χ0n) is 14.7. The van der Waals surface area contributed by atoms with Gasteiger partial charge in [-0.15, -0.1) is 0 Å². The van der Waals surface area contributed by atoms with Crippen molar-refractivity contribution in [3.63, 3.8) is 0 Å². The highest BCUT2D eigenvalue weighted by Gasteiger charge is 2.08. The van der Waals surface area contributed by atoms with E-state index in [4.69, 9.17) is 9.97 Å². The van der Waals surface area contributed by atoms with Gasteiger partial charge in [-0.25, -0.2) is 4.98 Å². The number of hydrogen-bond acceptors (Lipinski definition) is 3. The Kier molecular flexibility index (Phi) is 5.19. The van der Waals surface area contributed by atoms with E-state index >= 15 is 0 Å². The summed E-state index contributed by atoms with van der Waals surface area (Å²) in [6.07, 6.45) is 9.21. The Morgan fingerprint density at radius 2 is 2.00 bits per heavy atom. The van der Waals surface area contributed by atoms with E-state index in [0.29, 0.717) is 0 Å². The van der Waals surface area contributed by atoms with Crippen LogP contribution in [-0.4, -0.2) is 27.8 Å². The predicted molar refractivity (Wildman–Crippen MR) is 105 cm³/mol. The molecule has 0 radical (unpaired) electrons. The SMILES string of the molecule is C=C/C(=C\C=NC)c1cn(C)c(CCc2ccc3ccccc3n2)n1. The molecule has 3 rings (SSSR count). The van der Waals surface area contributed by atoms with Gasteiger partial charge in [0.1, 0.15) is 5.82 Å². The van der Waals surface area contributed by atoms with E-state index < -0.39 is 0 Å². The molecule has 0 unspecified atom stereocenters. The molecule has 4 nitrogen and oxygen atoms in total. The smallest absolute Gasteiger partial charge is 0.109 e. The number of hydrogen-bond donors (Lipinski definition) is 0. The molecule has 0 saturated heterocycles. The lowest BCUT2D eigenvalue weighted by Gasteiger charge is -2.03. The van der Waals surface area contributed by atoms with Gasteiger partial charge >= 0.3 is 0 Å². The minimum Gasteiger partial charge on any atom is -0.337 e. The average molecular weight is 330 g/mol. The lowest BCUT2D eigenvalue weighted by atomic mass is 10.1. The molecular formula is C21H22N4. The number of allylic oxidation sites excluding steroid dienone is 3. The molecule has 1 aromatic carbocycles. The number of imidazole rings is 1.